The van der Waals surface area contributed by atoms with Crippen LogP contribution in [0.25, 0.3) is 20.9 Å². The second-order valence-electron chi connectivity index (χ2n) is 5.08. The number of hydrogen-bond acceptors (Lipinski definition) is 6. The minimum absolute atomic E-state index is 0.138. The van der Waals surface area contributed by atoms with Crippen molar-refractivity contribution in [3.05, 3.63) is 20.9 Å². The third kappa shape index (κ3) is 10.3. The standard InChI is InChI=1S/C14H24N6O4/c1-3-5-7-9-11(21)23-13(17-19-15)14(18-20-16)24-12(22)10-8-6-4-2/h13-14H,3-10H2,1-2H3. The molecule has 0 spiro atoms. The zero-order valence-corrected chi connectivity index (χ0v) is 14.1. The van der Waals surface area contributed by atoms with Gasteiger partial charge in [0.1, 0.15) is 0 Å². The van der Waals surface area contributed by atoms with E-state index in [0.29, 0.717) is 12.8 Å². The third-order valence-corrected chi connectivity index (χ3v) is 3.05. The molecule has 0 bridgehead atoms. The van der Waals surface area contributed by atoms with Gasteiger partial charge in [-0.25, -0.2) is 0 Å². The average molecular weight is 340 g/mol. The fourth-order valence-corrected chi connectivity index (χ4v) is 1.81. The Morgan fingerprint density at radius 3 is 1.50 bits per heavy atom. The third-order valence-electron chi connectivity index (χ3n) is 3.05. The highest BCUT2D eigenvalue weighted by atomic mass is 16.6. The van der Waals surface area contributed by atoms with Crippen molar-refractivity contribution in [1.29, 1.82) is 0 Å². The summed E-state index contributed by atoms with van der Waals surface area (Å²) in [6.45, 7) is 3.98. The summed E-state index contributed by atoms with van der Waals surface area (Å²) in [4.78, 5) is 28.5. The van der Waals surface area contributed by atoms with Crippen LogP contribution in [0.1, 0.15) is 65.2 Å². The number of hydrogen-bond donors (Lipinski definition) is 0. The zero-order valence-electron chi connectivity index (χ0n) is 14.1. The summed E-state index contributed by atoms with van der Waals surface area (Å²) in [5, 5.41) is 6.51. The Morgan fingerprint density at radius 1 is 0.833 bits per heavy atom. The van der Waals surface area contributed by atoms with Crippen molar-refractivity contribution >= 4 is 11.9 Å². The van der Waals surface area contributed by atoms with Crippen molar-refractivity contribution < 1.29 is 19.1 Å². The van der Waals surface area contributed by atoms with E-state index in [1.165, 1.54) is 0 Å². The number of carbonyl (C=O) groups is 2. The maximum absolute atomic E-state index is 11.7. The van der Waals surface area contributed by atoms with Gasteiger partial charge in [-0.15, -0.1) is 0 Å². The highest BCUT2D eigenvalue weighted by Crippen LogP contribution is 2.13. The summed E-state index contributed by atoms with van der Waals surface area (Å²) in [7, 11) is 0. The zero-order chi connectivity index (χ0) is 18.2. The van der Waals surface area contributed by atoms with E-state index >= 15 is 0 Å². The topological polar surface area (TPSA) is 150 Å². The van der Waals surface area contributed by atoms with Gasteiger partial charge in [0.25, 0.3) is 0 Å². The van der Waals surface area contributed by atoms with Crippen molar-refractivity contribution in [2.24, 2.45) is 10.2 Å². The summed E-state index contributed by atoms with van der Waals surface area (Å²) in [6.07, 6.45) is 2.07. The van der Waals surface area contributed by atoms with Gasteiger partial charge in [0, 0.05) is 22.7 Å². The molecule has 10 nitrogen and oxygen atoms in total. The lowest BCUT2D eigenvalue weighted by Crippen LogP contribution is -2.32. The molecule has 0 aliphatic rings. The van der Waals surface area contributed by atoms with Gasteiger partial charge < -0.3 is 9.47 Å². The number of azide groups is 2. The molecule has 0 heterocycles. The molecule has 24 heavy (non-hydrogen) atoms. The first-order valence-electron chi connectivity index (χ1n) is 8.06. The van der Waals surface area contributed by atoms with Gasteiger partial charge in [0.15, 0.2) is 0 Å². The summed E-state index contributed by atoms with van der Waals surface area (Å²) < 4.78 is 9.95. The maximum Gasteiger partial charge on any atom is 0.306 e. The van der Waals surface area contributed by atoms with Crippen LogP contribution >= 0.6 is 0 Å². The van der Waals surface area contributed by atoms with E-state index in [2.05, 4.69) is 20.1 Å². The molecule has 10 heteroatoms. The van der Waals surface area contributed by atoms with Gasteiger partial charge >= 0.3 is 11.9 Å². The summed E-state index contributed by atoms with van der Waals surface area (Å²) in [5.41, 5.74) is 17.2. The number of nitrogens with zero attached hydrogens (tertiary/aromatic N) is 6. The van der Waals surface area contributed by atoms with Crippen LogP contribution in [0.5, 0.6) is 0 Å². The van der Waals surface area contributed by atoms with Gasteiger partial charge in [0.2, 0.25) is 12.5 Å². The molecular formula is C14H24N6O4. The Balaban J connectivity index is 4.77. The molecule has 0 aromatic rings. The van der Waals surface area contributed by atoms with Crippen molar-refractivity contribution in [3.8, 4) is 0 Å². The Labute approximate surface area is 140 Å². The molecule has 134 valence electrons. The number of esters is 2. The second-order valence-corrected chi connectivity index (χ2v) is 5.08. The fourth-order valence-electron chi connectivity index (χ4n) is 1.81. The van der Waals surface area contributed by atoms with Crippen molar-refractivity contribution in [2.45, 2.75) is 77.7 Å². The van der Waals surface area contributed by atoms with E-state index < -0.39 is 24.4 Å². The molecule has 0 aliphatic heterocycles. The molecule has 0 saturated carbocycles. The SMILES string of the molecule is CCCCCC(=O)OC(N=[N+]=[N-])C(N=[N+]=[N-])OC(=O)CCCCC. The van der Waals surface area contributed by atoms with Crippen LogP contribution < -0.4 is 0 Å². The lowest BCUT2D eigenvalue weighted by Gasteiger charge is -2.19. The molecule has 2 unspecified atom stereocenters. The van der Waals surface area contributed by atoms with Gasteiger partial charge in [0.05, 0.1) is 0 Å². The molecule has 0 aromatic heterocycles. The minimum atomic E-state index is -1.52. The van der Waals surface area contributed by atoms with Crippen LogP contribution in [0.4, 0.5) is 0 Å². The van der Waals surface area contributed by atoms with Crippen LogP contribution in [0.3, 0.4) is 0 Å². The van der Waals surface area contributed by atoms with E-state index in [0.717, 1.165) is 25.7 Å². The lowest BCUT2D eigenvalue weighted by molar-refractivity contribution is -0.167. The summed E-state index contributed by atoms with van der Waals surface area (Å²) >= 11 is 0. The minimum Gasteiger partial charge on any atom is -0.452 e. The second kappa shape index (κ2) is 14.2. The molecule has 0 saturated heterocycles. The molecular weight excluding hydrogens is 316 g/mol. The van der Waals surface area contributed by atoms with E-state index in [-0.39, 0.29) is 12.8 Å². The molecule has 0 aromatic carbocycles. The largest absolute Gasteiger partial charge is 0.452 e. The van der Waals surface area contributed by atoms with Gasteiger partial charge in [-0.3, -0.25) is 9.59 Å². The van der Waals surface area contributed by atoms with E-state index in [9.17, 15) is 9.59 Å². The smallest absolute Gasteiger partial charge is 0.306 e. The summed E-state index contributed by atoms with van der Waals surface area (Å²) in [5.74, 6) is -1.22. The predicted octanol–water partition coefficient (Wildman–Crippen LogP) is 4.51. The number of rotatable bonds is 13. The number of ether oxygens (including phenoxy) is 2. The Hall–Kier alpha value is -2.44. The van der Waals surface area contributed by atoms with Crippen LogP contribution in [-0.2, 0) is 19.1 Å². The number of carbonyl (C=O) groups excluding carboxylic acids is 2. The molecule has 0 radical (unpaired) electrons. The Morgan fingerprint density at radius 2 is 1.21 bits per heavy atom. The lowest BCUT2D eigenvalue weighted by atomic mass is 10.2. The van der Waals surface area contributed by atoms with Gasteiger partial charge in [-0.05, 0) is 34.1 Å². The molecule has 0 aliphatic carbocycles. The predicted molar refractivity (Wildman–Crippen MR) is 86.3 cm³/mol. The quantitative estimate of drug-likeness (QED) is 0.159. The first kappa shape index (κ1) is 21.6. The van der Waals surface area contributed by atoms with Gasteiger partial charge in [-0.2, -0.15) is 0 Å². The molecule has 2 atom stereocenters. The average Bonchev–Trinajstić information content (AvgIpc) is 2.54. The van der Waals surface area contributed by atoms with Crippen LogP contribution in [-0.4, -0.2) is 24.4 Å². The van der Waals surface area contributed by atoms with E-state index in [1.807, 2.05) is 13.8 Å². The van der Waals surface area contributed by atoms with Crippen molar-refractivity contribution in [3.63, 3.8) is 0 Å². The molecule has 0 amide bonds. The van der Waals surface area contributed by atoms with Gasteiger partial charge in [-0.1, -0.05) is 39.5 Å². The molecule has 0 fully saturated rings. The Kier molecular flexibility index (Phi) is 12.7. The van der Waals surface area contributed by atoms with Crippen molar-refractivity contribution in [2.75, 3.05) is 0 Å². The van der Waals surface area contributed by atoms with Crippen LogP contribution in [0.15, 0.2) is 10.2 Å². The number of unbranched alkanes of at least 4 members (excludes halogenated alkanes) is 4. The summed E-state index contributed by atoms with van der Waals surface area (Å²) in [6, 6.07) is 0. The molecule has 0 rings (SSSR count). The molecule has 0 N–H and O–H groups in total. The first-order valence-corrected chi connectivity index (χ1v) is 8.06. The van der Waals surface area contributed by atoms with Crippen LogP contribution in [0, 0.1) is 0 Å². The normalized spacial score (nSPS) is 12.2. The van der Waals surface area contributed by atoms with E-state index in [4.69, 9.17) is 20.5 Å². The highest BCUT2D eigenvalue weighted by Gasteiger charge is 2.27. The monoisotopic (exact) mass is 340 g/mol. The van der Waals surface area contributed by atoms with Crippen molar-refractivity contribution in [1.82, 2.24) is 0 Å². The highest BCUT2D eigenvalue weighted by molar-refractivity contribution is 5.70. The maximum atomic E-state index is 11.7. The first-order chi connectivity index (χ1) is 11.6. The van der Waals surface area contributed by atoms with Crippen LogP contribution in [0.2, 0.25) is 0 Å². The van der Waals surface area contributed by atoms with E-state index in [1.54, 1.807) is 0 Å². The Bertz CT molecular complexity index is 442. The fraction of sp³-hybridized carbons (Fsp3) is 0.857.